The molecule has 9 heteroatoms. The molecule has 29 heavy (non-hydrogen) atoms. The number of rotatable bonds is 2. The van der Waals surface area contributed by atoms with Crippen molar-refractivity contribution in [3.8, 4) is 0 Å². The van der Waals surface area contributed by atoms with Crippen molar-refractivity contribution in [2.24, 2.45) is 0 Å². The van der Waals surface area contributed by atoms with Crippen LogP contribution in [0.4, 0.5) is 10.6 Å². The third-order valence-corrected chi connectivity index (χ3v) is 5.12. The normalized spacial score (nSPS) is 16.7. The number of allylic oxidation sites excluding steroid dienone is 1. The van der Waals surface area contributed by atoms with Crippen molar-refractivity contribution in [2.45, 2.75) is 46.3 Å². The molecule has 3 rings (SSSR count). The van der Waals surface area contributed by atoms with Gasteiger partial charge in [-0.1, -0.05) is 29.3 Å². The minimum absolute atomic E-state index is 0.00940. The first kappa shape index (κ1) is 21.2. The zero-order valence-electron chi connectivity index (χ0n) is 16.7. The SMILES string of the molecule is CC1=C(C(=O)O)[C@@H](c2ccc(Cl)c(Cl)c2)n2nc(C)cc2N1C(=O)OC(C)(C)C. The molecule has 0 fully saturated rings. The minimum Gasteiger partial charge on any atom is -0.478 e. The Hall–Kier alpha value is -2.51. The Labute approximate surface area is 178 Å². The molecule has 0 radical (unpaired) electrons. The lowest BCUT2D eigenvalue weighted by Gasteiger charge is -2.35. The maximum absolute atomic E-state index is 12.9. The first-order valence-corrected chi connectivity index (χ1v) is 9.64. The number of ether oxygens (including phenoxy) is 1. The molecule has 154 valence electrons. The van der Waals surface area contributed by atoms with E-state index in [1.165, 1.54) is 9.58 Å². The maximum Gasteiger partial charge on any atom is 0.420 e. The fourth-order valence-electron chi connectivity index (χ4n) is 3.27. The van der Waals surface area contributed by atoms with Gasteiger partial charge in [0.25, 0.3) is 0 Å². The third kappa shape index (κ3) is 3.97. The molecule has 0 saturated heterocycles. The number of aliphatic carboxylic acids is 1. The molecule has 0 spiro atoms. The van der Waals surface area contributed by atoms with Gasteiger partial charge in [0.05, 0.1) is 21.3 Å². The van der Waals surface area contributed by atoms with Crippen LogP contribution in [-0.2, 0) is 9.53 Å². The minimum atomic E-state index is -1.18. The van der Waals surface area contributed by atoms with E-state index in [1.807, 2.05) is 0 Å². The molecule has 0 saturated carbocycles. The largest absolute Gasteiger partial charge is 0.478 e. The number of aryl methyl sites for hydroxylation is 1. The second kappa shape index (κ2) is 7.39. The molecule has 1 aromatic heterocycles. The van der Waals surface area contributed by atoms with Gasteiger partial charge in [0.1, 0.15) is 17.5 Å². The van der Waals surface area contributed by atoms with E-state index in [9.17, 15) is 14.7 Å². The van der Waals surface area contributed by atoms with Gasteiger partial charge in [0.2, 0.25) is 0 Å². The molecule has 0 bridgehead atoms. The number of hydrogen-bond donors (Lipinski definition) is 1. The van der Waals surface area contributed by atoms with Crippen LogP contribution in [-0.4, -0.2) is 32.6 Å². The predicted octanol–water partition coefficient (Wildman–Crippen LogP) is 5.20. The molecule has 2 heterocycles. The number of fused-ring (bicyclic) bond motifs is 1. The summed E-state index contributed by atoms with van der Waals surface area (Å²) in [7, 11) is 0. The predicted molar refractivity (Wildman–Crippen MR) is 111 cm³/mol. The first-order valence-electron chi connectivity index (χ1n) is 8.89. The van der Waals surface area contributed by atoms with Gasteiger partial charge in [-0.05, 0) is 52.3 Å². The van der Waals surface area contributed by atoms with Crippen LogP contribution in [0.25, 0.3) is 0 Å². The molecular weight excluding hydrogens is 417 g/mol. The van der Waals surface area contributed by atoms with Gasteiger partial charge in [0.15, 0.2) is 0 Å². The number of carboxylic acids is 1. The fraction of sp³-hybridized carbons (Fsp3) is 0.350. The lowest BCUT2D eigenvalue weighted by molar-refractivity contribution is -0.133. The molecule has 1 aromatic carbocycles. The van der Waals surface area contributed by atoms with Crippen molar-refractivity contribution >= 4 is 41.1 Å². The molecule has 1 amide bonds. The highest BCUT2D eigenvalue weighted by Gasteiger charge is 2.40. The van der Waals surface area contributed by atoms with Crippen LogP contribution in [0, 0.1) is 6.92 Å². The van der Waals surface area contributed by atoms with E-state index >= 15 is 0 Å². The van der Waals surface area contributed by atoms with E-state index in [1.54, 1.807) is 58.9 Å². The summed E-state index contributed by atoms with van der Waals surface area (Å²) in [6.45, 7) is 8.57. The number of amides is 1. The Balaban J connectivity index is 2.24. The number of benzene rings is 1. The van der Waals surface area contributed by atoms with Crippen molar-refractivity contribution in [1.82, 2.24) is 9.78 Å². The smallest absolute Gasteiger partial charge is 0.420 e. The average Bonchev–Trinajstić information content (AvgIpc) is 2.94. The lowest BCUT2D eigenvalue weighted by Crippen LogP contribution is -2.42. The molecule has 1 aliphatic heterocycles. The number of carboxylic acid groups (broad SMARTS) is 1. The summed E-state index contributed by atoms with van der Waals surface area (Å²) >= 11 is 12.2. The van der Waals surface area contributed by atoms with Gasteiger partial charge in [-0.25, -0.2) is 19.2 Å². The Morgan fingerprint density at radius 3 is 2.34 bits per heavy atom. The second-order valence-electron chi connectivity index (χ2n) is 7.78. The van der Waals surface area contributed by atoms with E-state index in [4.69, 9.17) is 27.9 Å². The van der Waals surface area contributed by atoms with E-state index in [0.717, 1.165) is 0 Å². The maximum atomic E-state index is 12.9. The second-order valence-corrected chi connectivity index (χ2v) is 8.60. The monoisotopic (exact) mass is 437 g/mol. The van der Waals surface area contributed by atoms with Crippen molar-refractivity contribution < 1.29 is 19.4 Å². The number of carbonyl (C=O) groups is 2. The highest BCUT2D eigenvalue weighted by molar-refractivity contribution is 6.42. The Bertz CT molecular complexity index is 1040. The number of nitrogens with zero attached hydrogens (tertiary/aromatic N) is 3. The molecule has 7 nitrogen and oxygen atoms in total. The van der Waals surface area contributed by atoms with Gasteiger partial charge in [-0.3, -0.25) is 0 Å². The molecule has 1 atom stereocenters. The number of carbonyl (C=O) groups excluding carboxylic acids is 1. The molecule has 1 aliphatic rings. The van der Waals surface area contributed by atoms with Crippen LogP contribution in [0.5, 0.6) is 0 Å². The highest BCUT2D eigenvalue weighted by atomic mass is 35.5. The summed E-state index contributed by atoms with van der Waals surface area (Å²) in [4.78, 5) is 26.4. The van der Waals surface area contributed by atoms with E-state index < -0.39 is 23.7 Å². The highest BCUT2D eigenvalue weighted by Crippen LogP contribution is 2.41. The van der Waals surface area contributed by atoms with E-state index in [0.29, 0.717) is 27.1 Å². The fourth-order valence-corrected chi connectivity index (χ4v) is 3.58. The molecular formula is C20H21Cl2N3O4. The quantitative estimate of drug-likeness (QED) is 0.697. The zero-order valence-corrected chi connectivity index (χ0v) is 18.2. The van der Waals surface area contributed by atoms with Crippen molar-refractivity contribution in [3.63, 3.8) is 0 Å². The summed E-state index contributed by atoms with van der Waals surface area (Å²) < 4.78 is 6.99. The number of anilines is 1. The standard InChI is InChI=1S/C20H21Cl2N3O4/c1-10-8-15-24(19(28)29-20(3,4)5)11(2)16(18(26)27)17(25(15)23-10)12-6-7-13(21)14(22)9-12/h6-9,17H,1-5H3,(H,26,27)/t17-/m1/s1. The molecule has 1 N–H and O–H groups in total. The molecule has 0 aliphatic carbocycles. The molecule has 0 unspecified atom stereocenters. The number of aromatic nitrogens is 2. The van der Waals surface area contributed by atoms with E-state index in [2.05, 4.69) is 5.10 Å². The third-order valence-electron chi connectivity index (χ3n) is 4.38. The molecule has 2 aromatic rings. The van der Waals surface area contributed by atoms with E-state index in [-0.39, 0.29) is 11.3 Å². The van der Waals surface area contributed by atoms with Crippen LogP contribution >= 0.6 is 23.2 Å². The Morgan fingerprint density at radius 1 is 1.14 bits per heavy atom. The Morgan fingerprint density at radius 2 is 1.79 bits per heavy atom. The van der Waals surface area contributed by atoms with Crippen molar-refractivity contribution in [3.05, 3.63) is 56.8 Å². The average molecular weight is 438 g/mol. The summed E-state index contributed by atoms with van der Waals surface area (Å²) in [5.74, 6) is -0.763. The van der Waals surface area contributed by atoms with Crippen LogP contribution in [0.1, 0.15) is 45.0 Å². The first-order chi connectivity index (χ1) is 13.4. The summed E-state index contributed by atoms with van der Waals surface area (Å²) in [5.41, 5.74) is 0.698. The topological polar surface area (TPSA) is 84.7 Å². The van der Waals surface area contributed by atoms with Gasteiger partial charge in [-0.2, -0.15) is 5.10 Å². The lowest BCUT2D eigenvalue weighted by atomic mass is 9.95. The summed E-state index contributed by atoms with van der Waals surface area (Å²) in [6.07, 6.45) is -0.678. The van der Waals surface area contributed by atoms with Crippen LogP contribution in [0.2, 0.25) is 10.0 Å². The van der Waals surface area contributed by atoms with Crippen LogP contribution in [0.3, 0.4) is 0 Å². The van der Waals surface area contributed by atoms with Crippen molar-refractivity contribution in [2.75, 3.05) is 4.90 Å². The van der Waals surface area contributed by atoms with Gasteiger partial charge in [0, 0.05) is 11.8 Å². The summed E-state index contributed by atoms with van der Waals surface area (Å²) in [5, 5.41) is 15.1. The summed E-state index contributed by atoms with van der Waals surface area (Å²) in [6, 6.07) is 5.82. The van der Waals surface area contributed by atoms with Crippen molar-refractivity contribution in [1.29, 1.82) is 0 Å². The van der Waals surface area contributed by atoms with Gasteiger partial charge < -0.3 is 9.84 Å². The van der Waals surface area contributed by atoms with Gasteiger partial charge in [-0.15, -0.1) is 0 Å². The van der Waals surface area contributed by atoms with Crippen LogP contribution in [0.15, 0.2) is 35.5 Å². The number of hydrogen-bond acceptors (Lipinski definition) is 4. The zero-order chi connectivity index (χ0) is 21.7. The Kier molecular flexibility index (Phi) is 5.40. The van der Waals surface area contributed by atoms with Crippen LogP contribution < -0.4 is 4.90 Å². The van der Waals surface area contributed by atoms with Gasteiger partial charge >= 0.3 is 12.1 Å². The number of halogens is 2.